The highest BCUT2D eigenvalue weighted by atomic mass is 35.5. The molecule has 1 saturated heterocycles. The minimum Gasteiger partial charge on any atom is -0.362 e. The van der Waals surface area contributed by atoms with Crippen LogP contribution in [0.25, 0.3) is 5.03 Å². The van der Waals surface area contributed by atoms with Crippen molar-refractivity contribution >= 4 is 22.4 Å². The summed E-state index contributed by atoms with van der Waals surface area (Å²) in [5, 5.41) is 0.625. The standard InChI is InChI=1S/C16H17ClO2/c1-10(2)11-7-16(19-9-11)8-14(17)12-5-3-4-6-13(12)15(16)18/h3-6,8,10-11H,7,9H2,1-2H3/t11-,16+/m1/s1. The molecule has 1 aliphatic carbocycles. The van der Waals surface area contributed by atoms with E-state index in [9.17, 15) is 4.79 Å². The maximum Gasteiger partial charge on any atom is 0.199 e. The molecule has 0 amide bonds. The maximum absolute atomic E-state index is 12.7. The van der Waals surface area contributed by atoms with Gasteiger partial charge in [-0.2, -0.15) is 0 Å². The molecule has 0 unspecified atom stereocenters. The molecule has 2 aliphatic rings. The molecule has 2 nitrogen and oxygen atoms in total. The zero-order valence-corrected chi connectivity index (χ0v) is 11.9. The molecular weight excluding hydrogens is 260 g/mol. The number of Topliss-reactive ketones (excluding diaryl/α,β-unsaturated/α-hetero) is 1. The zero-order valence-electron chi connectivity index (χ0n) is 11.2. The van der Waals surface area contributed by atoms with Crippen molar-refractivity contribution in [3.63, 3.8) is 0 Å². The number of fused-ring (bicyclic) bond motifs is 1. The summed E-state index contributed by atoms with van der Waals surface area (Å²) in [6.45, 7) is 4.96. The lowest BCUT2D eigenvalue weighted by Crippen LogP contribution is -2.39. The van der Waals surface area contributed by atoms with Gasteiger partial charge in [0.25, 0.3) is 0 Å². The molecule has 0 bridgehead atoms. The number of ether oxygens (including phenoxy) is 1. The van der Waals surface area contributed by atoms with E-state index in [2.05, 4.69) is 13.8 Å². The van der Waals surface area contributed by atoms with E-state index in [1.807, 2.05) is 30.3 Å². The fourth-order valence-electron chi connectivity index (χ4n) is 2.92. The minimum absolute atomic E-state index is 0.0515. The van der Waals surface area contributed by atoms with E-state index >= 15 is 0 Å². The Balaban J connectivity index is 2.03. The number of ketones is 1. The first-order valence-corrected chi connectivity index (χ1v) is 7.08. The van der Waals surface area contributed by atoms with Crippen LogP contribution in [0.5, 0.6) is 0 Å². The summed E-state index contributed by atoms with van der Waals surface area (Å²) in [6, 6.07) is 7.48. The Hall–Kier alpha value is -1.12. The summed E-state index contributed by atoms with van der Waals surface area (Å²) in [6.07, 6.45) is 2.54. The number of carbonyl (C=O) groups excluding carboxylic acids is 1. The number of benzene rings is 1. The molecule has 100 valence electrons. The fraction of sp³-hybridized carbons (Fsp3) is 0.438. The predicted octanol–water partition coefficient (Wildman–Crippen LogP) is 3.89. The van der Waals surface area contributed by atoms with Crippen molar-refractivity contribution in [1.82, 2.24) is 0 Å². The van der Waals surface area contributed by atoms with Gasteiger partial charge in [0, 0.05) is 16.2 Å². The molecule has 1 heterocycles. The molecule has 1 aromatic rings. The Morgan fingerprint density at radius 3 is 2.63 bits per heavy atom. The molecule has 2 atom stereocenters. The maximum atomic E-state index is 12.7. The highest BCUT2D eigenvalue weighted by Crippen LogP contribution is 2.44. The van der Waals surface area contributed by atoms with Gasteiger partial charge in [-0.25, -0.2) is 0 Å². The molecule has 3 rings (SSSR count). The molecule has 1 spiro atoms. The van der Waals surface area contributed by atoms with Crippen LogP contribution in [0.2, 0.25) is 0 Å². The Kier molecular flexibility index (Phi) is 3.03. The predicted molar refractivity (Wildman–Crippen MR) is 76.2 cm³/mol. The Bertz CT molecular complexity index is 562. The second-order valence-electron chi connectivity index (χ2n) is 5.78. The minimum atomic E-state index is -0.833. The van der Waals surface area contributed by atoms with E-state index in [1.54, 1.807) is 0 Å². The summed E-state index contributed by atoms with van der Waals surface area (Å²) < 4.78 is 5.88. The van der Waals surface area contributed by atoms with Gasteiger partial charge < -0.3 is 4.74 Å². The SMILES string of the molecule is CC(C)[C@H]1CO[C@]2(C=C(Cl)c3ccccc3C2=O)C1. The van der Waals surface area contributed by atoms with Gasteiger partial charge in [0.2, 0.25) is 0 Å². The van der Waals surface area contributed by atoms with Crippen LogP contribution in [0.3, 0.4) is 0 Å². The van der Waals surface area contributed by atoms with E-state index in [-0.39, 0.29) is 5.78 Å². The van der Waals surface area contributed by atoms with Gasteiger partial charge in [0.05, 0.1) is 6.61 Å². The molecular formula is C16H17ClO2. The number of halogens is 1. The van der Waals surface area contributed by atoms with Crippen molar-refractivity contribution < 1.29 is 9.53 Å². The van der Waals surface area contributed by atoms with Gasteiger partial charge in [-0.15, -0.1) is 0 Å². The third-order valence-corrected chi connectivity index (χ3v) is 4.55. The Morgan fingerprint density at radius 2 is 2.00 bits per heavy atom. The van der Waals surface area contributed by atoms with Crippen LogP contribution in [0, 0.1) is 11.8 Å². The molecule has 1 aromatic carbocycles. The number of hydrogen-bond donors (Lipinski definition) is 0. The average Bonchev–Trinajstić information content (AvgIpc) is 2.82. The second kappa shape index (κ2) is 4.46. The van der Waals surface area contributed by atoms with Gasteiger partial charge in [-0.3, -0.25) is 4.79 Å². The van der Waals surface area contributed by atoms with Gasteiger partial charge in [0.1, 0.15) is 0 Å². The fourth-order valence-corrected chi connectivity index (χ4v) is 3.26. The van der Waals surface area contributed by atoms with Crippen molar-refractivity contribution in [2.45, 2.75) is 25.9 Å². The molecule has 0 N–H and O–H groups in total. The summed E-state index contributed by atoms with van der Waals surface area (Å²) in [7, 11) is 0. The lowest BCUT2D eigenvalue weighted by Gasteiger charge is -2.29. The van der Waals surface area contributed by atoms with Gasteiger partial charge in [-0.05, 0) is 24.3 Å². The van der Waals surface area contributed by atoms with Gasteiger partial charge in [0.15, 0.2) is 11.4 Å². The third kappa shape index (κ3) is 1.94. The molecule has 1 aliphatic heterocycles. The van der Waals surface area contributed by atoms with Crippen LogP contribution < -0.4 is 0 Å². The van der Waals surface area contributed by atoms with Crippen molar-refractivity contribution in [2.75, 3.05) is 6.61 Å². The van der Waals surface area contributed by atoms with Crippen LogP contribution in [-0.2, 0) is 4.74 Å². The molecule has 0 saturated carbocycles. The third-order valence-electron chi connectivity index (χ3n) is 4.24. The first-order valence-electron chi connectivity index (χ1n) is 6.70. The lowest BCUT2D eigenvalue weighted by molar-refractivity contribution is 0.0339. The van der Waals surface area contributed by atoms with E-state index in [1.165, 1.54) is 0 Å². The van der Waals surface area contributed by atoms with E-state index in [0.29, 0.717) is 29.0 Å². The highest BCUT2D eigenvalue weighted by molar-refractivity contribution is 6.50. The normalized spacial score (nSPS) is 29.8. The Morgan fingerprint density at radius 1 is 1.32 bits per heavy atom. The van der Waals surface area contributed by atoms with Crippen molar-refractivity contribution in [1.29, 1.82) is 0 Å². The molecule has 0 radical (unpaired) electrons. The largest absolute Gasteiger partial charge is 0.362 e. The number of rotatable bonds is 1. The van der Waals surface area contributed by atoms with Crippen molar-refractivity contribution in [2.24, 2.45) is 11.8 Å². The van der Waals surface area contributed by atoms with Crippen LogP contribution in [-0.4, -0.2) is 18.0 Å². The molecule has 1 fully saturated rings. The second-order valence-corrected chi connectivity index (χ2v) is 6.18. The first kappa shape index (κ1) is 12.9. The summed E-state index contributed by atoms with van der Waals surface area (Å²) >= 11 is 6.34. The van der Waals surface area contributed by atoms with E-state index in [0.717, 1.165) is 12.0 Å². The topological polar surface area (TPSA) is 26.3 Å². The van der Waals surface area contributed by atoms with Crippen molar-refractivity contribution in [3.05, 3.63) is 41.5 Å². The van der Waals surface area contributed by atoms with Crippen LogP contribution >= 0.6 is 11.6 Å². The monoisotopic (exact) mass is 276 g/mol. The molecule has 3 heteroatoms. The average molecular weight is 277 g/mol. The van der Waals surface area contributed by atoms with E-state index < -0.39 is 5.60 Å². The Labute approximate surface area is 118 Å². The van der Waals surface area contributed by atoms with E-state index in [4.69, 9.17) is 16.3 Å². The summed E-state index contributed by atoms with van der Waals surface area (Å²) in [5.74, 6) is 0.974. The lowest BCUT2D eigenvalue weighted by atomic mass is 9.79. The molecule has 19 heavy (non-hydrogen) atoms. The summed E-state index contributed by atoms with van der Waals surface area (Å²) in [5.41, 5.74) is 0.663. The first-order chi connectivity index (χ1) is 9.03. The molecule has 0 aromatic heterocycles. The van der Waals surface area contributed by atoms with Gasteiger partial charge in [-0.1, -0.05) is 49.7 Å². The number of carbonyl (C=O) groups is 1. The van der Waals surface area contributed by atoms with Crippen LogP contribution in [0.4, 0.5) is 0 Å². The van der Waals surface area contributed by atoms with Crippen LogP contribution in [0.15, 0.2) is 30.3 Å². The van der Waals surface area contributed by atoms with Gasteiger partial charge >= 0.3 is 0 Å². The quantitative estimate of drug-likeness (QED) is 0.778. The summed E-state index contributed by atoms with van der Waals surface area (Å²) in [4.78, 5) is 12.7. The number of hydrogen-bond acceptors (Lipinski definition) is 2. The smallest absolute Gasteiger partial charge is 0.199 e. The highest BCUT2D eigenvalue weighted by Gasteiger charge is 2.48. The van der Waals surface area contributed by atoms with Crippen LogP contribution in [0.1, 0.15) is 36.2 Å². The van der Waals surface area contributed by atoms with Crippen molar-refractivity contribution in [3.8, 4) is 0 Å². The zero-order chi connectivity index (χ0) is 13.6.